The number of benzene rings is 1. The van der Waals surface area contributed by atoms with Crippen LogP contribution in [0, 0.1) is 29.6 Å². The Bertz CT molecular complexity index is 662. The van der Waals surface area contributed by atoms with Gasteiger partial charge < -0.3 is 5.32 Å². The van der Waals surface area contributed by atoms with Gasteiger partial charge in [-0.15, -0.1) is 0 Å². The molecule has 0 fully saturated rings. The van der Waals surface area contributed by atoms with Crippen molar-refractivity contribution in [2.45, 2.75) is 6.92 Å². The van der Waals surface area contributed by atoms with Crippen molar-refractivity contribution < 1.29 is 0 Å². The van der Waals surface area contributed by atoms with Gasteiger partial charge in [0.05, 0.1) is 16.8 Å². The van der Waals surface area contributed by atoms with E-state index in [9.17, 15) is 0 Å². The second-order valence-electron chi connectivity index (χ2n) is 3.75. The normalized spacial score (nSPS) is 9.28. The number of nitrogens with one attached hydrogen (secondary N) is 1. The summed E-state index contributed by atoms with van der Waals surface area (Å²) in [6.07, 6.45) is 1.60. The molecule has 2 rings (SSSR count). The molecule has 0 aliphatic carbocycles. The average molecular weight is 234 g/mol. The van der Waals surface area contributed by atoms with E-state index in [1.165, 1.54) is 0 Å². The number of nitrogens with zero attached hydrogens (tertiary/aromatic N) is 3. The number of aromatic nitrogens is 1. The van der Waals surface area contributed by atoms with Gasteiger partial charge in [0.1, 0.15) is 18.0 Å². The zero-order valence-corrected chi connectivity index (χ0v) is 9.81. The molecule has 18 heavy (non-hydrogen) atoms. The van der Waals surface area contributed by atoms with E-state index >= 15 is 0 Å². The molecule has 0 amide bonds. The summed E-state index contributed by atoms with van der Waals surface area (Å²) in [6, 6.07) is 13.1. The maximum Gasteiger partial charge on any atom is 0.148 e. The summed E-state index contributed by atoms with van der Waals surface area (Å²) in [7, 11) is 0. The minimum Gasteiger partial charge on any atom is -0.338 e. The summed E-state index contributed by atoms with van der Waals surface area (Å²) < 4.78 is 0. The van der Waals surface area contributed by atoms with Crippen molar-refractivity contribution in [2.24, 2.45) is 0 Å². The lowest BCUT2D eigenvalue weighted by Crippen LogP contribution is -1.99. The fraction of sp³-hybridized carbons (Fsp3) is 0.0714. The Morgan fingerprint density at radius 3 is 2.67 bits per heavy atom. The van der Waals surface area contributed by atoms with E-state index in [1.807, 2.05) is 19.1 Å². The maximum absolute atomic E-state index is 9.13. The van der Waals surface area contributed by atoms with E-state index in [1.54, 1.807) is 24.4 Å². The van der Waals surface area contributed by atoms with Crippen molar-refractivity contribution in [2.75, 3.05) is 5.32 Å². The molecule has 0 atom stereocenters. The van der Waals surface area contributed by atoms with Gasteiger partial charge in [0.25, 0.3) is 0 Å². The molecule has 0 unspecified atom stereocenters. The average Bonchev–Trinajstić information content (AvgIpc) is 2.40. The smallest absolute Gasteiger partial charge is 0.148 e. The first-order valence-corrected chi connectivity index (χ1v) is 5.38. The van der Waals surface area contributed by atoms with Gasteiger partial charge in [-0.25, -0.2) is 4.98 Å². The summed E-state index contributed by atoms with van der Waals surface area (Å²) in [4.78, 5) is 4.11. The minimum atomic E-state index is 0.447. The molecule has 0 aliphatic heterocycles. The molecule has 1 aromatic heterocycles. The van der Waals surface area contributed by atoms with Gasteiger partial charge in [0.2, 0.25) is 0 Å². The molecule has 0 bridgehead atoms. The number of rotatable bonds is 2. The molecule has 2 aromatic rings. The van der Waals surface area contributed by atoms with Crippen LogP contribution >= 0.6 is 0 Å². The second kappa shape index (κ2) is 4.99. The lowest BCUT2D eigenvalue weighted by molar-refractivity contribution is 1.27. The van der Waals surface area contributed by atoms with Gasteiger partial charge in [-0.2, -0.15) is 10.5 Å². The third-order valence-electron chi connectivity index (χ3n) is 2.57. The van der Waals surface area contributed by atoms with E-state index in [0.717, 1.165) is 5.56 Å². The van der Waals surface area contributed by atoms with Crippen LogP contribution in [0.3, 0.4) is 0 Å². The highest BCUT2D eigenvalue weighted by Crippen LogP contribution is 2.23. The van der Waals surface area contributed by atoms with Crippen molar-refractivity contribution in [1.82, 2.24) is 4.98 Å². The van der Waals surface area contributed by atoms with E-state index in [0.29, 0.717) is 22.6 Å². The number of aryl methyl sites for hydroxylation is 1. The maximum atomic E-state index is 9.13. The zero-order chi connectivity index (χ0) is 13.0. The van der Waals surface area contributed by atoms with Crippen LogP contribution in [0.25, 0.3) is 0 Å². The highest BCUT2D eigenvalue weighted by atomic mass is 15.0. The van der Waals surface area contributed by atoms with Gasteiger partial charge in [0.15, 0.2) is 0 Å². The Labute approximate surface area is 105 Å². The molecule has 0 saturated carbocycles. The number of anilines is 2. The zero-order valence-electron chi connectivity index (χ0n) is 9.81. The summed E-state index contributed by atoms with van der Waals surface area (Å²) in [5.74, 6) is 0.460. The Hall–Kier alpha value is -2.85. The molecule has 0 radical (unpaired) electrons. The number of hydrogen-bond donors (Lipinski definition) is 1. The molecular weight excluding hydrogens is 224 g/mol. The van der Waals surface area contributed by atoms with Crippen LogP contribution < -0.4 is 5.32 Å². The highest BCUT2D eigenvalue weighted by molar-refractivity contribution is 5.69. The lowest BCUT2D eigenvalue weighted by Gasteiger charge is -2.09. The van der Waals surface area contributed by atoms with Crippen molar-refractivity contribution in [3.63, 3.8) is 0 Å². The standard InChI is InChI=1S/C14H10N4/c1-10-4-2-6-13(12(10)9-16)18-14-11(8-15)5-3-7-17-14/h2-7H,1H3,(H,17,18). The summed E-state index contributed by atoms with van der Waals surface area (Å²) in [6.45, 7) is 1.87. The first kappa shape index (κ1) is 11.6. The van der Waals surface area contributed by atoms with Crippen molar-refractivity contribution in [3.8, 4) is 12.1 Å². The number of pyridine rings is 1. The fourth-order valence-corrected chi connectivity index (χ4v) is 1.64. The Balaban J connectivity index is 2.45. The van der Waals surface area contributed by atoms with Gasteiger partial charge in [-0.3, -0.25) is 0 Å². The topological polar surface area (TPSA) is 72.5 Å². The molecule has 1 aromatic carbocycles. The minimum absolute atomic E-state index is 0.447. The van der Waals surface area contributed by atoms with E-state index in [-0.39, 0.29) is 0 Å². The van der Waals surface area contributed by atoms with Crippen LogP contribution in [0.1, 0.15) is 16.7 Å². The van der Waals surface area contributed by atoms with Gasteiger partial charge >= 0.3 is 0 Å². The molecule has 0 saturated heterocycles. The van der Waals surface area contributed by atoms with Crippen LogP contribution in [-0.2, 0) is 0 Å². The van der Waals surface area contributed by atoms with Gasteiger partial charge in [-0.1, -0.05) is 12.1 Å². The second-order valence-corrected chi connectivity index (χ2v) is 3.75. The Morgan fingerprint density at radius 2 is 1.94 bits per heavy atom. The molecule has 86 valence electrons. The third-order valence-corrected chi connectivity index (χ3v) is 2.57. The van der Waals surface area contributed by atoms with Gasteiger partial charge in [0, 0.05) is 6.20 Å². The third kappa shape index (κ3) is 2.14. The van der Waals surface area contributed by atoms with Gasteiger partial charge in [-0.05, 0) is 30.7 Å². The highest BCUT2D eigenvalue weighted by Gasteiger charge is 2.08. The van der Waals surface area contributed by atoms with Crippen molar-refractivity contribution in [3.05, 3.63) is 53.2 Å². The van der Waals surface area contributed by atoms with Crippen LogP contribution in [0.2, 0.25) is 0 Å². The van der Waals surface area contributed by atoms with E-state index < -0.39 is 0 Å². The summed E-state index contributed by atoms with van der Waals surface area (Å²) in [5, 5.41) is 21.1. The lowest BCUT2D eigenvalue weighted by atomic mass is 10.1. The number of nitriles is 2. The van der Waals surface area contributed by atoms with E-state index in [4.69, 9.17) is 10.5 Å². The molecular formula is C14H10N4. The van der Waals surface area contributed by atoms with Crippen molar-refractivity contribution in [1.29, 1.82) is 10.5 Å². The van der Waals surface area contributed by atoms with Crippen LogP contribution in [0.15, 0.2) is 36.5 Å². The Morgan fingerprint density at radius 1 is 1.11 bits per heavy atom. The molecule has 4 heteroatoms. The predicted molar refractivity (Wildman–Crippen MR) is 68.1 cm³/mol. The molecule has 1 heterocycles. The fourth-order valence-electron chi connectivity index (χ4n) is 1.64. The molecule has 1 N–H and O–H groups in total. The Kier molecular flexibility index (Phi) is 3.22. The first-order chi connectivity index (χ1) is 8.76. The SMILES string of the molecule is Cc1cccc(Nc2ncccc2C#N)c1C#N. The molecule has 4 nitrogen and oxygen atoms in total. The predicted octanol–water partition coefficient (Wildman–Crippen LogP) is 2.88. The first-order valence-electron chi connectivity index (χ1n) is 5.38. The monoisotopic (exact) mass is 234 g/mol. The van der Waals surface area contributed by atoms with E-state index in [2.05, 4.69) is 22.4 Å². The summed E-state index contributed by atoms with van der Waals surface area (Å²) in [5.41, 5.74) is 2.56. The van der Waals surface area contributed by atoms with Crippen LogP contribution in [-0.4, -0.2) is 4.98 Å². The number of hydrogen-bond acceptors (Lipinski definition) is 4. The molecule has 0 spiro atoms. The largest absolute Gasteiger partial charge is 0.338 e. The van der Waals surface area contributed by atoms with Crippen LogP contribution in [0.5, 0.6) is 0 Å². The van der Waals surface area contributed by atoms with Crippen LogP contribution in [0.4, 0.5) is 11.5 Å². The van der Waals surface area contributed by atoms with Crippen molar-refractivity contribution >= 4 is 11.5 Å². The summed E-state index contributed by atoms with van der Waals surface area (Å²) >= 11 is 0. The quantitative estimate of drug-likeness (QED) is 0.867. The molecule has 0 aliphatic rings.